The molecule has 2 heterocycles. The summed E-state index contributed by atoms with van der Waals surface area (Å²) < 4.78 is 13.2. The van der Waals surface area contributed by atoms with Crippen LogP contribution in [0, 0.1) is 0 Å². The van der Waals surface area contributed by atoms with Crippen LogP contribution in [0.4, 0.5) is 0 Å². The van der Waals surface area contributed by atoms with Crippen LogP contribution >= 0.6 is 11.6 Å². The van der Waals surface area contributed by atoms with E-state index < -0.39 is 0 Å². The van der Waals surface area contributed by atoms with Gasteiger partial charge in [0.2, 0.25) is 0 Å². The number of rotatable bonds is 4. The Bertz CT molecular complexity index is 1080. The van der Waals surface area contributed by atoms with E-state index in [0.717, 1.165) is 35.4 Å². The molecule has 0 spiro atoms. The van der Waals surface area contributed by atoms with Gasteiger partial charge in [0, 0.05) is 21.8 Å². The first-order valence-electron chi connectivity index (χ1n) is 10.2. The molecule has 154 valence electrons. The highest BCUT2D eigenvalue weighted by molar-refractivity contribution is 6.30. The van der Waals surface area contributed by atoms with Gasteiger partial charge in [-0.15, -0.1) is 0 Å². The first-order chi connectivity index (χ1) is 14.7. The summed E-state index contributed by atoms with van der Waals surface area (Å²) in [5.74, 6) is 1.19. The van der Waals surface area contributed by atoms with Crippen molar-refractivity contribution >= 4 is 17.5 Å². The van der Waals surface area contributed by atoms with Crippen molar-refractivity contribution in [1.29, 1.82) is 0 Å². The van der Waals surface area contributed by atoms with Crippen LogP contribution in [-0.4, -0.2) is 28.9 Å². The normalized spacial score (nSPS) is 17.3. The molecule has 1 aromatic heterocycles. The average molecular weight is 424 g/mol. The Morgan fingerprint density at radius 1 is 1.13 bits per heavy atom. The van der Waals surface area contributed by atoms with Gasteiger partial charge in [0.25, 0.3) is 5.91 Å². The largest absolute Gasteiger partial charge is 0.486 e. The second-order valence-corrected chi connectivity index (χ2v) is 8.04. The van der Waals surface area contributed by atoms with Crippen molar-refractivity contribution in [2.75, 3.05) is 13.2 Å². The molecule has 0 radical (unpaired) electrons. The molecule has 6 nitrogen and oxygen atoms in total. The second-order valence-electron chi connectivity index (χ2n) is 7.61. The maximum Gasteiger partial charge on any atom is 0.251 e. The molecule has 0 fully saturated rings. The molecule has 30 heavy (non-hydrogen) atoms. The van der Waals surface area contributed by atoms with Crippen LogP contribution in [0.15, 0.2) is 48.7 Å². The maximum absolute atomic E-state index is 12.9. The summed E-state index contributed by atoms with van der Waals surface area (Å²) in [6.45, 7) is 1.72. The molecule has 1 atom stereocenters. The number of carbonyl (C=O) groups is 1. The van der Waals surface area contributed by atoms with E-state index in [1.54, 1.807) is 18.2 Å². The number of amides is 1. The van der Waals surface area contributed by atoms with Gasteiger partial charge in [0.05, 0.1) is 18.8 Å². The number of hydrogen-bond acceptors (Lipinski definition) is 4. The summed E-state index contributed by atoms with van der Waals surface area (Å²) >= 11 is 5.99. The van der Waals surface area contributed by atoms with Gasteiger partial charge >= 0.3 is 0 Å². The summed E-state index contributed by atoms with van der Waals surface area (Å²) in [6.07, 6.45) is 4.75. The summed E-state index contributed by atoms with van der Waals surface area (Å²) in [6, 6.07) is 13.1. The highest BCUT2D eigenvalue weighted by atomic mass is 35.5. The van der Waals surface area contributed by atoms with Gasteiger partial charge < -0.3 is 14.8 Å². The van der Waals surface area contributed by atoms with Crippen LogP contribution in [-0.2, 0) is 13.0 Å². The predicted octanol–water partition coefficient (Wildman–Crippen LogP) is 4.16. The number of carbonyl (C=O) groups excluding carboxylic acids is 1. The first kappa shape index (κ1) is 19.0. The van der Waals surface area contributed by atoms with Crippen molar-refractivity contribution in [3.63, 3.8) is 0 Å². The lowest BCUT2D eigenvalue weighted by molar-refractivity contribution is 0.0931. The molecule has 2 aliphatic rings. The lowest BCUT2D eigenvalue weighted by atomic mass is 9.92. The third kappa shape index (κ3) is 3.75. The van der Waals surface area contributed by atoms with E-state index in [2.05, 4.69) is 10.4 Å². The van der Waals surface area contributed by atoms with Crippen molar-refractivity contribution in [3.05, 3.63) is 76.1 Å². The van der Waals surface area contributed by atoms with Crippen LogP contribution in [0.2, 0.25) is 5.02 Å². The molecule has 0 bridgehead atoms. The molecule has 2 aromatic carbocycles. The molecular formula is C23H22ClN3O3. The molecule has 1 aliphatic carbocycles. The van der Waals surface area contributed by atoms with Crippen molar-refractivity contribution in [3.8, 4) is 11.5 Å². The fourth-order valence-corrected chi connectivity index (χ4v) is 4.22. The zero-order valence-electron chi connectivity index (χ0n) is 16.4. The molecule has 0 saturated carbocycles. The Morgan fingerprint density at radius 2 is 1.93 bits per heavy atom. The van der Waals surface area contributed by atoms with E-state index in [4.69, 9.17) is 21.1 Å². The van der Waals surface area contributed by atoms with Gasteiger partial charge in [-0.1, -0.05) is 23.7 Å². The zero-order chi connectivity index (χ0) is 20.5. The van der Waals surface area contributed by atoms with Gasteiger partial charge in [-0.25, -0.2) is 0 Å². The lowest BCUT2D eigenvalue weighted by Gasteiger charge is -2.25. The highest BCUT2D eigenvalue weighted by Gasteiger charge is 2.26. The van der Waals surface area contributed by atoms with Crippen molar-refractivity contribution in [2.24, 2.45) is 0 Å². The van der Waals surface area contributed by atoms with E-state index in [1.807, 2.05) is 35.1 Å². The lowest BCUT2D eigenvalue weighted by Crippen LogP contribution is -2.31. The van der Waals surface area contributed by atoms with Crippen molar-refractivity contribution in [2.45, 2.75) is 31.8 Å². The topological polar surface area (TPSA) is 65.4 Å². The van der Waals surface area contributed by atoms with Gasteiger partial charge in [0.1, 0.15) is 13.2 Å². The minimum absolute atomic E-state index is 0.0478. The minimum atomic E-state index is -0.115. The van der Waals surface area contributed by atoms with Crippen LogP contribution in [0.25, 0.3) is 0 Å². The monoisotopic (exact) mass is 423 g/mol. The number of benzene rings is 2. The zero-order valence-corrected chi connectivity index (χ0v) is 17.2. The molecule has 3 aromatic rings. The Balaban J connectivity index is 1.33. The number of halogens is 1. The Morgan fingerprint density at radius 3 is 2.77 bits per heavy atom. The van der Waals surface area contributed by atoms with E-state index in [-0.39, 0.29) is 11.9 Å². The number of fused-ring (bicyclic) bond motifs is 2. The molecule has 0 unspecified atom stereocenters. The van der Waals surface area contributed by atoms with Crippen molar-refractivity contribution < 1.29 is 14.3 Å². The summed E-state index contributed by atoms with van der Waals surface area (Å²) in [4.78, 5) is 12.9. The molecule has 1 aliphatic heterocycles. The number of nitrogens with one attached hydrogen (secondary N) is 1. The summed E-state index contributed by atoms with van der Waals surface area (Å²) in [5, 5.41) is 8.50. The fourth-order valence-electron chi connectivity index (χ4n) is 4.09. The van der Waals surface area contributed by atoms with E-state index >= 15 is 0 Å². The fraction of sp³-hybridized carbons (Fsp3) is 0.304. The molecule has 7 heteroatoms. The van der Waals surface area contributed by atoms with Crippen LogP contribution in [0.3, 0.4) is 0 Å². The second kappa shape index (κ2) is 8.03. The third-order valence-corrected chi connectivity index (χ3v) is 5.87. The van der Waals surface area contributed by atoms with Crippen molar-refractivity contribution in [1.82, 2.24) is 15.1 Å². The Labute approximate surface area is 179 Å². The molecule has 1 amide bonds. The quantitative estimate of drug-likeness (QED) is 0.684. The molecule has 0 saturated heterocycles. The first-order valence-corrected chi connectivity index (χ1v) is 10.5. The van der Waals surface area contributed by atoms with E-state index in [9.17, 15) is 4.79 Å². The number of nitrogens with zero attached hydrogens (tertiary/aromatic N) is 2. The van der Waals surface area contributed by atoms with E-state index in [1.165, 1.54) is 5.69 Å². The smallest absolute Gasteiger partial charge is 0.251 e. The molecule has 1 N–H and O–H groups in total. The van der Waals surface area contributed by atoms with E-state index in [0.29, 0.717) is 36.8 Å². The number of hydrogen-bond donors (Lipinski definition) is 1. The molecule has 5 rings (SSSR count). The number of aromatic nitrogens is 2. The average Bonchev–Trinajstić information content (AvgIpc) is 3.19. The van der Waals surface area contributed by atoms with Gasteiger partial charge in [-0.2, -0.15) is 5.10 Å². The summed E-state index contributed by atoms with van der Waals surface area (Å²) in [7, 11) is 0. The van der Waals surface area contributed by atoms with Crippen LogP contribution in [0.1, 0.15) is 46.1 Å². The molecular weight excluding hydrogens is 402 g/mol. The highest BCUT2D eigenvalue weighted by Crippen LogP contribution is 2.33. The summed E-state index contributed by atoms with van der Waals surface area (Å²) in [5.41, 5.74) is 4.00. The van der Waals surface area contributed by atoms with Crippen LogP contribution < -0.4 is 14.8 Å². The maximum atomic E-state index is 12.9. The predicted molar refractivity (Wildman–Crippen MR) is 113 cm³/mol. The Hall–Kier alpha value is -2.99. The third-order valence-electron chi connectivity index (χ3n) is 5.62. The SMILES string of the molecule is O=C(N[C@H]1CCCc2c1cnn2Cc1ccc(Cl)cc1)c1ccc2c(c1)OCCO2. The minimum Gasteiger partial charge on any atom is -0.486 e. The number of ether oxygens (including phenoxy) is 2. The van der Waals surface area contributed by atoms with Gasteiger partial charge in [-0.3, -0.25) is 9.48 Å². The van der Waals surface area contributed by atoms with Crippen LogP contribution in [0.5, 0.6) is 11.5 Å². The standard InChI is InChI=1S/C23H22ClN3O3/c24-17-7-4-15(5-8-17)14-27-20-3-1-2-19(18(20)13-25-27)26-23(28)16-6-9-21-22(12-16)30-11-10-29-21/h4-9,12-13,19H,1-3,10-11,14H2,(H,26,28)/t19-/m0/s1. The van der Waals surface area contributed by atoms with Gasteiger partial charge in [0.15, 0.2) is 11.5 Å². The Kier molecular flexibility index (Phi) is 5.09. The van der Waals surface area contributed by atoms with Gasteiger partial charge in [-0.05, 0) is 55.2 Å².